The highest BCUT2D eigenvalue weighted by atomic mass is 32.1. The predicted octanol–water partition coefficient (Wildman–Crippen LogP) is 3.03. The summed E-state index contributed by atoms with van der Waals surface area (Å²) in [5.74, 6) is -0.245. The van der Waals surface area contributed by atoms with Gasteiger partial charge in [-0.3, -0.25) is 4.79 Å². The van der Waals surface area contributed by atoms with Crippen molar-refractivity contribution in [1.29, 1.82) is 0 Å². The van der Waals surface area contributed by atoms with Crippen molar-refractivity contribution in [2.75, 3.05) is 6.54 Å². The fourth-order valence-corrected chi connectivity index (χ4v) is 3.43. The van der Waals surface area contributed by atoms with Gasteiger partial charge in [-0.2, -0.15) is 0 Å². The molecule has 0 saturated carbocycles. The molecule has 0 spiro atoms. The highest BCUT2D eigenvalue weighted by molar-refractivity contribution is 7.09. The summed E-state index contributed by atoms with van der Waals surface area (Å²) >= 11 is 1.58. The maximum absolute atomic E-state index is 12.9. The summed E-state index contributed by atoms with van der Waals surface area (Å²) in [6, 6.07) is 6.37. The van der Waals surface area contributed by atoms with Gasteiger partial charge < -0.3 is 10.2 Å². The van der Waals surface area contributed by atoms with E-state index >= 15 is 0 Å². The molecule has 2 aromatic rings. The number of oxime groups is 1. The molecule has 1 aliphatic rings. The lowest BCUT2D eigenvalue weighted by Crippen LogP contribution is -2.32. The number of halogens is 1. The summed E-state index contributed by atoms with van der Waals surface area (Å²) in [5.41, 5.74) is 4.70. The quantitative estimate of drug-likeness (QED) is 0.824. The summed E-state index contributed by atoms with van der Waals surface area (Å²) in [4.78, 5) is 22.7. The molecule has 0 bridgehead atoms. The van der Waals surface area contributed by atoms with Gasteiger partial charge in [0.05, 0.1) is 23.5 Å². The molecule has 132 valence electrons. The number of amides is 1. The lowest BCUT2D eigenvalue weighted by atomic mass is 10.0. The zero-order valence-electron chi connectivity index (χ0n) is 14.0. The molecule has 1 atom stereocenters. The molecule has 0 radical (unpaired) electrons. The van der Waals surface area contributed by atoms with Gasteiger partial charge in [0.25, 0.3) is 0 Å². The van der Waals surface area contributed by atoms with Crippen LogP contribution < -0.4 is 5.32 Å². The monoisotopic (exact) mass is 361 g/mol. The Labute approximate surface area is 149 Å². The molecule has 0 aliphatic carbocycles. The van der Waals surface area contributed by atoms with Gasteiger partial charge in [0.2, 0.25) is 5.91 Å². The fourth-order valence-electron chi connectivity index (χ4n) is 2.65. The summed E-state index contributed by atoms with van der Waals surface area (Å²) in [6.45, 7) is 2.40. The highest BCUT2D eigenvalue weighted by Gasteiger charge is 2.21. The van der Waals surface area contributed by atoms with E-state index < -0.39 is 0 Å². The molecule has 1 aliphatic heterocycles. The SMILES string of the molecule is Cc1ncsc1CCC(=O)NC[C@@H]1CC(Cc2ccc(F)cc2)=NO1. The van der Waals surface area contributed by atoms with Crippen LogP contribution in [0.1, 0.15) is 29.0 Å². The average Bonchev–Trinajstić information content (AvgIpc) is 3.22. The van der Waals surface area contributed by atoms with E-state index in [1.807, 2.05) is 6.92 Å². The minimum Gasteiger partial charge on any atom is -0.390 e. The number of carbonyl (C=O) groups excluding carboxylic acids is 1. The van der Waals surface area contributed by atoms with Crippen LogP contribution in [0.3, 0.4) is 0 Å². The molecular formula is C18H20FN3O2S. The molecule has 25 heavy (non-hydrogen) atoms. The van der Waals surface area contributed by atoms with Gasteiger partial charge >= 0.3 is 0 Å². The smallest absolute Gasteiger partial charge is 0.220 e. The summed E-state index contributed by atoms with van der Waals surface area (Å²) < 4.78 is 12.9. The first-order valence-corrected chi connectivity index (χ1v) is 9.10. The standard InChI is InChI=1S/C18H20FN3O2S/c1-12-17(25-11-21-12)6-7-18(23)20-10-16-9-15(22-24-16)8-13-2-4-14(19)5-3-13/h2-5,11,16H,6-10H2,1H3,(H,20,23)/t16-/m0/s1. The predicted molar refractivity (Wildman–Crippen MR) is 95.2 cm³/mol. The van der Waals surface area contributed by atoms with E-state index in [4.69, 9.17) is 4.84 Å². The van der Waals surface area contributed by atoms with Crippen molar-refractivity contribution in [1.82, 2.24) is 10.3 Å². The van der Waals surface area contributed by atoms with Crippen molar-refractivity contribution >= 4 is 23.0 Å². The van der Waals surface area contributed by atoms with Gasteiger partial charge in [-0.15, -0.1) is 11.3 Å². The van der Waals surface area contributed by atoms with Crippen LogP contribution in [-0.2, 0) is 22.5 Å². The Bertz CT molecular complexity index is 758. The van der Waals surface area contributed by atoms with Gasteiger partial charge in [0.15, 0.2) is 0 Å². The number of aromatic nitrogens is 1. The van der Waals surface area contributed by atoms with Crippen LogP contribution in [0.2, 0.25) is 0 Å². The van der Waals surface area contributed by atoms with E-state index in [9.17, 15) is 9.18 Å². The molecule has 1 amide bonds. The zero-order chi connectivity index (χ0) is 17.6. The van der Waals surface area contributed by atoms with Crippen molar-refractivity contribution in [3.05, 3.63) is 51.7 Å². The number of rotatable bonds is 7. The largest absolute Gasteiger partial charge is 0.390 e. The molecule has 2 heterocycles. The molecule has 0 fully saturated rings. The van der Waals surface area contributed by atoms with Crippen LogP contribution in [0.15, 0.2) is 34.9 Å². The van der Waals surface area contributed by atoms with Gasteiger partial charge in [-0.05, 0) is 31.0 Å². The number of benzene rings is 1. The normalized spacial score (nSPS) is 16.4. The zero-order valence-corrected chi connectivity index (χ0v) is 14.8. The van der Waals surface area contributed by atoms with Gasteiger partial charge in [0.1, 0.15) is 11.9 Å². The van der Waals surface area contributed by atoms with Crippen molar-refractivity contribution in [2.45, 2.75) is 38.7 Å². The summed E-state index contributed by atoms with van der Waals surface area (Å²) in [7, 11) is 0. The maximum Gasteiger partial charge on any atom is 0.220 e. The van der Waals surface area contributed by atoms with Gasteiger partial charge in [-0.25, -0.2) is 9.37 Å². The van der Waals surface area contributed by atoms with Gasteiger partial charge in [0, 0.05) is 24.1 Å². The van der Waals surface area contributed by atoms with E-state index in [0.717, 1.165) is 21.8 Å². The molecular weight excluding hydrogens is 341 g/mol. The number of nitrogens with one attached hydrogen (secondary N) is 1. The van der Waals surface area contributed by atoms with Crippen LogP contribution in [-0.4, -0.2) is 29.3 Å². The van der Waals surface area contributed by atoms with Crippen LogP contribution >= 0.6 is 11.3 Å². The molecule has 0 unspecified atom stereocenters. The number of hydrogen-bond acceptors (Lipinski definition) is 5. The highest BCUT2D eigenvalue weighted by Crippen LogP contribution is 2.16. The Morgan fingerprint density at radius 3 is 2.92 bits per heavy atom. The summed E-state index contributed by atoms with van der Waals surface area (Å²) in [5, 5.41) is 6.97. The molecule has 1 aromatic carbocycles. The Kier molecular flexibility index (Phi) is 5.75. The van der Waals surface area contributed by atoms with E-state index in [1.54, 1.807) is 29.0 Å². The second-order valence-corrected chi connectivity index (χ2v) is 7.00. The van der Waals surface area contributed by atoms with E-state index in [-0.39, 0.29) is 17.8 Å². The van der Waals surface area contributed by atoms with E-state index in [0.29, 0.717) is 32.2 Å². The number of thiazole rings is 1. The maximum atomic E-state index is 12.9. The Balaban J connectivity index is 1.36. The third kappa shape index (κ3) is 5.09. The number of nitrogens with zero attached hydrogens (tertiary/aromatic N) is 2. The van der Waals surface area contributed by atoms with Crippen LogP contribution in [0.25, 0.3) is 0 Å². The first-order chi connectivity index (χ1) is 12.1. The van der Waals surface area contributed by atoms with E-state index in [1.165, 1.54) is 12.1 Å². The molecule has 3 rings (SSSR count). The molecule has 1 N–H and O–H groups in total. The average molecular weight is 361 g/mol. The topological polar surface area (TPSA) is 63.6 Å². The molecule has 7 heteroatoms. The minimum absolute atomic E-state index is 0.00313. The Morgan fingerprint density at radius 2 is 2.20 bits per heavy atom. The first-order valence-electron chi connectivity index (χ1n) is 8.22. The molecule has 1 aromatic heterocycles. The lowest BCUT2D eigenvalue weighted by molar-refractivity contribution is -0.121. The van der Waals surface area contributed by atoms with Crippen molar-refractivity contribution in [3.63, 3.8) is 0 Å². The third-order valence-corrected chi connectivity index (χ3v) is 5.06. The first kappa shape index (κ1) is 17.5. The molecule has 5 nitrogen and oxygen atoms in total. The third-order valence-electron chi connectivity index (χ3n) is 4.07. The number of carbonyl (C=O) groups is 1. The minimum atomic E-state index is -0.248. The second-order valence-electron chi connectivity index (χ2n) is 6.06. The number of aryl methyl sites for hydroxylation is 2. The van der Waals surface area contributed by atoms with Crippen LogP contribution in [0, 0.1) is 12.7 Å². The summed E-state index contributed by atoms with van der Waals surface area (Å²) in [6.07, 6.45) is 2.32. The van der Waals surface area contributed by atoms with Crippen LogP contribution in [0.4, 0.5) is 4.39 Å². The Hall–Kier alpha value is -2.28. The van der Waals surface area contributed by atoms with Crippen molar-refractivity contribution < 1.29 is 14.0 Å². The Morgan fingerprint density at radius 1 is 1.40 bits per heavy atom. The van der Waals surface area contributed by atoms with E-state index in [2.05, 4.69) is 15.5 Å². The fraction of sp³-hybridized carbons (Fsp3) is 0.389. The van der Waals surface area contributed by atoms with Gasteiger partial charge in [-0.1, -0.05) is 17.3 Å². The molecule has 0 saturated heterocycles. The van der Waals surface area contributed by atoms with Crippen molar-refractivity contribution in [3.8, 4) is 0 Å². The van der Waals surface area contributed by atoms with Crippen LogP contribution in [0.5, 0.6) is 0 Å². The lowest BCUT2D eigenvalue weighted by Gasteiger charge is -2.09. The number of hydrogen-bond donors (Lipinski definition) is 1. The van der Waals surface area contributed by atoms with Crippen molar-refractivity contribution in [2.24, 2.45) is 5.16 Å². The second kappa shape index (κ2) is 8.20.